The molecular weight excluding hydrogens is 825 g/mol. The van der Waals surface area contributed by atoms with Crippen molar-refractivity contribution in [3.05, 3.63) is 277 Å². The Kier molecular flexibility index (Phi) is 9.40. The average molecular weight is 867 g/mol. The number of nitrogens with zero attached hydrogens (tertiary/aromatic N) is 2. The maximum Gasteiger partial charge on any atom is 0.160 e. The molecule has 2 heterocycles. The van der Waals surface area contributed by atoms with E-state index >= 15 is 0 Å². The highest BCUT2D eigenvalue weighted by Gasteiger charge is 2.47. The van der Waals surface area contributed by atoms with Gasteiger partial charge in [-0.05, 0) is 109 Å². The zero-order valence-corrected chi connectivity index (χ0v) is 37.1. The molecule has 318 valence electrons. The second-order valence-corrected chi connectivity index (χ2v) is 17.6. The second kappa shape index (κ2) is 16.2. The minimum Gasteiger partial charge on any atom is -0.456 e. The van der Waals surface area contributed by atoms with Gasteiger partial charge >= 0.3 is 0 Å². The van der Waals surface area contributed by atoms with Gasteiger partial charge in [0.15, 0.2) is 5.82 Å². The van der Waals surface area contributed by atoms with Gasteiger partial charge < -0.3 is 4.42 Å². The van der Waals surface area contributed by atoms with E-state index in [1.54, 1.807) is 0 Å². The number of furan rings is 1. The van der Waals surface area contributed by atoms with Crippen LogP contribution in [0.25, 0.3) is 100 Å². The number of fused-ring (bicyclic) bond motifs is 6. The monoisotopic (exact) mass is 866 g/mol. The number of para-hydroxylation sites is 1. The van der Waals surface area contributed by atoms with Gasteiger partial charge in [-0.25, -0.2) is 9.97 Å². The quantitative estimate of drug-likeness (QED) is 0.153. The van der Waals surface area contributed by atoms with E-state index in [0.29, 0.717) is 5.82 Å². The van der Waals surface area contributed by atoms with Crippen molar-refractivity contribution in [2.45, 2.75) is 5.41 Å². The average Bonchev–Trinajstić information content (AvgIpc) is 3.95. The molecule has 0 atom stereocenters. The third-order valence-corrected chi connectivity index (χ3v) is 13.8. The Morgan fingerprint density at radius 3 is 1.54 bits per heavy atom. The molecule has 0 N–H and O–H groups in total. The summed E-state index contributed by atoms with van der Waals surface area (Å²) in [6, 6.07) is 91.5. The molecule has 0 spiro atoms. The van der Waals surface area contributed by atoms with Gasteiger partial charge in [0.25, 0.3) is 0 Å². The Labute approximate surface area is 395 Å². The fraction of sp³-hybridized carbons (Fsp3) is 0.0154. The van der Waals surface area contributed by atoms with Gasteiger partial charge in [0.05, 0.1) is 16.8 Å². The van der Waals surface area contributed by atoms with Gasteiger partial charge in [-0.1, -0.05) is 212 Å². The first-order chi connectivity index (χ1) is 33.7. The third-order valence-electron chi connectivity index (χ3n) is 13.8. The summed E-state index contributed by atoms with van der Waals surface area (Å²) in [4.78, 5) is 10.7. The van der Waals surface area contributed by atoms with Crippen LogP contribution in [0.1, 0.15) is 22.3 Å². The summed E-state index contributed by atoms with van der Waals surface area (Å²) in [6.07, 6.45) is 0. The van der Waals surface area contributed by atoms with Crippen LogP contribution in [-0.2, 0) is 5.41 Å². The lowest BCUT2D eigenvalue weighted by atomic mass is 9.66. The van der Waals surface area contributed by atoms with Crippen molar-refractivity contribution < 1.29 is 4.42 Å². The molecule has 0 amide bonds. The van der Waals surface area contributed by atoms with Crippen molar-refractivity contribution in [1.82, 2.24) is 9.97 Å². The number of benzene rings is 10. The Morgan fingerprint density at radius 1 is 0.294 bits per heavy atom. The molecule has 13 rings (SSSR count). The SMILES string of the molecule is c1ccc(-c2cc(-c3cc(-c4ccc(-c5ccc6oc7ccccc7c6c5)cc4)nc(-c4ccccc4)n3)cc(-c3cccc4c3C(c3ccccc3)(c3ccccc3)c3ccccc3-4)c2)cc1. The summed E-state index contributed by atoms with van der Waals surface area (Å²) in [6.45, 7) is 0. The minimum atomic E-state index is -0.569. The van der Waals surface area contributed by atoms with Crippen molar-refractivity contribution in [2.24, 2.45) is 0 Å². The first-order valence-corrected chi connectivity index (χ1v) is 23.2. The van der Waals surface area contributed by atoms with Crippen molar-refractivity contribution in [3.63, 3.8) is 0 Å². The van der Waals surface area contributed by atoms with E-state index in [0.717, 1.165) is 77.8 Å². The molecule has 1 aliphatic rings. The molecule has 0 saturated heterocycles. The molecule has 0 unspecified atom stereocenters. The molecule has 68 heavy (non-hydrogen) atoms. The topological polar surface area (TPSA) is 38.9 Å². The Morgan fingerprint density at radius 2 is 0.809 bits per heavy atom. The Bertz CT molecular complexity index is 3780. The van der Waals surface area contributed by atoms with E-state index in [9.17, 15) is 0 Å². The lowest BCUT2D eigenvalue weighted by Gasteiger charge is -2.35. The van der Waals surface area contributed by atoms with Crippen LogP contribution in [0.5, 0.6) is 0 Å². The summed E-state index contributed by atoms with van der Waals surface area (Å²) in [5.41, 5.74) is 20.3. The van der Waals surface area contributed by atoms with Crippen LogP contribution in [0.3, 0.4) is 0 Å². The second-order valence-electron chi connectivity index (χ2n) is 17.6. The van der Waals surface area contributed by atoms with E-state index in [1.807, 2.05) is 30.3 Å². The van der Waals surface area contributed by atoms with Gasteiger partial charge in [0.1, 0.15) is 11.2 Å². The predicted molar refractivity (Wildman–Crippen MR) is 279 cm³/mol. The van der Waals surface area contributed by atoms with Crippen LogP contribution in [0, 0.1) is 0 Å². The van der Waals surface area contributed by atoms with E-state index in [2.05, 4.69) is 224 Å². The fourth-order valence-corrected chi connectivity index (χ4v) is 10.7. The van der Waals surface area contributed by atoms with Gasteiger partial charge in [-0.2, -0.15) is 0 Å². The van der Waals surface area contributed by atoms with Crippen LogP contribution in [0.2, 0.25) is 0 Å². The molecule has 0 radical (unpaired) electrons. The van der Waals surface area contributed by atoms with Crippen molar-refractivity contribution in [2.75, 3.05) is 0 Å². The normalized spacial score (nSPS) is 12.5. The third kappa shape index (κ3) is 6.51. The molecule has 12 aromatic rings. The van der Waals surface area contributed by atoms with E-state index in [4.69, 9.17) is 14.4 Å². The molecule has 1 aliphatic carbocycles. The van der Waals surface area contributed by atoms with Gasteiger partial charge in [0.2, 0.25) is 0 Å². The predicted octanol–water partition coefficient (Wildman–Crippen LogP) is 16.7. The zero-order chi connectivity index (χ0) is 45.0. The summed E-state index contributed by atoms with van der Waals surface area (Å²) in [5.74, 6) is 0.675. The van der Waals surface area contributed by atoms with Crippen LogP contribution >= 0.6 is 0 Å². The molecule has 0 bridgehead atoms. The highest BCUT2D eigenvalue weighted by atomic mass is 16.3. The summed E-state index contributed by atoms with van der Waals surface area (Å²) in [5, 5.41) is 2.24. The van der Waals surface area contributed by atoms with Crippen LogP contribution < -0.4 is 0 Å². The fourth-order valence-electron chi connectivity index (χ4n) is 10.7. The summed E-state index contributed by atoms with van der Waals surface area (Å²) < 4.78 is 6.14. The molecule has 0 fully saturated rings. The standard InChI is InChI=1S/C65H42N2O/c1-5-18-43(19-6-1)48-38-49(53-28-17-29-56-54-26-13-15-30-58(54)65(63(53)56,51-22-9-3-10-23-51)52-24-11-4-12-25-52)40-50(39-48)60-42-59(66-64(67-60)46-20-7-2-8-21-46)45-34-32-44(33-35-45)47-36-37-62-57(41-47)55-27-14-16-31-61(55)68-62/h1-42H. The number of hydrogen-bond acceptors (Lipinski definition) is 3. The van der Waals surface area contributed by atoms with Crippen molar-refractivity contribution in [1.29, 1.82) is 0 Å². The molecule has 10 aromatic carbocycles. The molecular formula is C65H42N2O. The van der Waals surface area contributed by atoms with Gasteiger partial charge in [-0.15, -0.1) is 0 Å². The first kappa shape index (κ1) is 39.4. The molecule has 0 aliphatic heterocycles. The summed E-state index contributed by atoms with van der Waals surface area (Å²) in [7, 11) is 0. The minimum absolute atomic E-state index is 0.569. The number of aromatic nitrogens is 2. The maximum atomic E-state index is 6.14. The smallest absolute Gasteiger partial charge is 0.160 e. The van der Waals surface area contributed by atoms with Crippen LogP contribution in [-0.4, -0.2) is 9.97 Å². The van der Waals surface area contributed by atoms with Crippen LogP contribution in [0.15, 0.2) is 259 Å². The highest BCUT2D eigenvalue weighted by Crippen LogP contribution is 2.59. The molecule has 3 nitrogen and oxygen atoms in total. The molecule has 3 heteroatoms. The molecule has 2 aromatic heterocycles. The Balaban J connectivity index is 1.00. The van der Waals surface area contributed by atoms with Gasteiger partial charge in [0, 0.05) is 27.5 Å². The maximum absolute atomic E-state index is 6.14. The van der Waals surface area contributed by atoms with E-state index in [-0.39, 0.29) is 0 Å². The first-order valence-electron chi connectivity index (χ1n) is 23.2. The van der Waals surface area contributed by atoms with E-state index < -0.39 is 5.41 Å². The summed E-state index contributed by atoms with van der Waals surface area (Å²) >= 11 is 0. The largest absolute Gasteiger partial charge is 0.456 e. The van der Waals surface area contributed by atoms with Crippen molar-refractivity contribution >= 4 is 21.9 Å². The number of hydrogen-bond donors (Lipinski definition) is 0. The highest BCUT2D eigenvalue weighted by molar-refractivity contribution is 6.06. The lowest BCUT2D eigenvalue weighted by molar-refractivity contribution is 0.669. The van der Waals surface area contributed by atoms with Gasteiger partial charge in [-0.3, -0.25) is 0 Å². The van der Waals surface area contributed by atoms with E-state index in [1.165, 1.54) is 38.9 Å². The van der Waals surface area contributed by atoms with Crippen molar-refractivity contribution in [3.8, 4) is 78.4 Å². The number of rotatable bonds is 8. The molecule has 0 saturated carbocycles. The Hall–Kier alpha value is -8.92. The zero-order valence-electron chi connectivity index (χ0n) is 37.1. The van der Waals surface area contributed by atoms with Crippen LogP contribution in [0.4, 0.5) is 0 Å². The lowest BCUT2D eigenvalue weighted by Crippen LogP contribution is -2.29.